The number of sulfone groups is 1. The molecule has 1 aliphatic carbocycles. The third kappa shape index (κ3) is 3.27. The first-order valence-corrected chi connectivity index (χ1v) is 9.81. The van der Waals surface area contributed by atoms with Crippen LogP contribution in [0, 0.1) is 12.8 Å². The van der Waals surface area contributed by atoms with Gasteiger partial charge in [-0.3, -0.25) is 0 Å². The summed E-state index contributed by atoms with van der Waals surface area (Å²) in [5.41, 5.74) is 1.89. The predicted octanol–water partition coefficient (Wildman–Crippen LogP) is 2.09. The molecule has 0 bridgehead atoms. The van der Waals surface area contributed by atoms with E-state index in [0.717, 1.165) is 23.7 Å². The van der Waals surface area contributed by atoms with E-state index in [9.17, 15) is 8.42 Å². The van der Waals surface area contributed by atoms with Crippen LogP contribution >= 0.6 is 11.6 Å². The van der Waals surface area contributed by atoms with Gasteiger partial charge < -0.3 is 5.32 Å². The standard InChI is InChI=1S/C14H22ClN3O2S/c1-10-13(8-16-7-11-3-2-4-11)14(15)18(17-10)12-5-6-21(19,20)9-12/h11-12,16H,2-9H2,1H3/t12-/m0/s1. The lowest BCUT2D eigenvalue weighted by molar-refractivity contribution is 0.301. The first-order chi connectivity index (χ1) is 9.96. The van der Waals surface area contributed by atoms with Crippen LogP contribution in [-0.2, 0) is 16.4 Å². The Morgan fingerprint density at radius 2 is 2.14 bits per heavy atom. The van der Waals surface area contributed by atoms with Crippen molar-refractivity contribution in [3.05, 3.63) is 16.4 Å². The molecule has 1 atom stereocenters. The van der Waals surface area contributed by atoms with E-state index >= 15 is 0 Å². The molecule has 1 N–H and O–H groups in total. The number of halogens is 1. The van der Waals surface area contributed by atoms with Crippen molar-refractivity contribution in [2.45, 2.75) is 45.2 Å². The molecule has 0 spiro atoms. The summed E-state index contributed by atoms with van der Waals surface area (Å²) in [6.07, 6.45) is 4.59. The lowest BCUT2D eigenvalue weighted by Gasteiger charge is -2.25. The minimum atomic E-state index is -2.92. The summed E-state index contributed by atoms with van der Waals surface area (Å²) in [5.74, 6) is 1.20. The van der Waals surface area contributed by atoms with Gasteiger partial charge in [-0.05, 0) is 38.6 Å². The predicted molar refractivity (Wildman–Crippen MR) is 83.3 cm³/mol. The maximum Gasteiger partial charge on any atom is 0.152 e. The molecular formula is C14H22ClN3O2S. The van der Waals surface area contributed by atoms with E-state index in [1.54, 1.807) is 4.68 Å². The molecule has 2 fully saturated rings. The van der Waals surface area contributed by atoms with Crippen LogP contribution in [0.3, 0.4) is 0 Å². The van der Waals surface area contributed by atoms with Gasteiger partial charge in [0, 0.05) is 12.1 Å². The first kappa shape index (κ1) is 15.3. The van der Waals surface area contributed by atoms with Gasteiger partial charge >= 0.3 is 0 Å². The molecule has 0 aromatic carbocycles. The van der Waals surface area contributed by atoms with Gasteiger partial charge in [0.2, 0.25) is 0 Å². The molecule has 1 saturated heterocycles. The van der Waals surface area contributed by atoms with Gasteiger partial charge in [0.25, 0.3) is 0 Å². The summed E-state index contributed by atoms with van der Waals surface area (Å²) in [5, 5.41) is 8.51. The van der Waals surface area contributed by atoms with E-state index in [2.05, 4.69) is 10.4 Å². The third-order valence-electron chi connectivity index (χ3n) is 4.66. The van der Waals surface area contributed by atoms with Crippen LogP contribution < -0.4 is 5.32 Å². The molecule has 21 heavy (non-hydrogen) atoms. The van der Waals surface area contributed by atoms with E-state index < -0.39 is 9.84 Å². The Labute approximate surface area is 131 Å². The topological polar surface area (TPSA) is 64.0 Å². The fourth-order valence-corrected chi connectivity index (χ4v) is 5.13. The lowest BCUT2D eigenvalue weighted by Crippen LogP contribution is -2.27. The van der Waals surface area contributed by atoms with Gasteiger partial charge in [-0.25, -0.2) is 13.1 Å². The fourth-order valence-electron chi connectivity index (χ4n) is 3.06. The van der Waals surface area contributed by atoms with E-state index in [4.69, 9.17) is 11.6 Å². The highest BCUT2D eigenvalue weighted by Crippen LogP contribution is 2.30. The highest BCUT2D eigenvalue weighted by atomic mass is 35.5. The molecule has 1 saturated carbocycles. The highest BCUT2D eigenvalue weighted by molar-refractivity contribution is 7.91. The molecule has 0 radical (unpaired) electrons. The zero-order valence-electron chi connectivity index (χ0n) is 12.3. The molecule has 0 unspecified atom stereocenters. The second kappa shape index (κ2) is 5.89. The maximum atomic E-state index is 11.6. The minimum absolute atomic E-state index is 0.110. The molecule has 118 valence electrons. The number of rotatable bonds is 5. The van der Waals surface area contributed by atoms with Crippen LogP contribution in [0.2, 0.25) is 5.15 Å². The Hall–Kier alpha value is -0.590. The van der Waals surface area contributed by atoms with Crippen molar-refractivity contribution in [3.63, 3.8) is 0 Å². The molecule has 1 aliphatic heterocycles. The molecule has 5 nitrogen and oxygen atoms in total. The summed E-state index contributed by atoms with van der Waals surface area (Å²) in [6.45, 7) is 3.67. The largest absolute Gasteiger partial charge is 0.312 e. The second-order valence-electron chi connectivity index (χ2n) is 6.28. The number of hydrogen-bond acceptors (Lipinski definition) is 4. The molecule has 1 aromatic heterocycles. The Morgan fingerprint density at radius 1 is 1.38 bits per heavy atom. The van der Waals surface area contributed by atoms with Gasteiger partial charge in [-0.15, -0.1) is 0 Å². The Morgan fingerprint density at radius 3 is 2.71 bits per heavy atom. The zero-order chi connectivity index (χ0) is 15.0. The van der Waals surface area contributed by atoms with Crippen LogP contribution in [0.25, 0.3) is 0 Å². The van der Waals surface area contributed by atoms with Crippen molar-refractivity contribution in [2.75, 3.05) is 18.1 Å². The molecule has 1 aromatic rings. The quantitative estimate of drug-likeness (QED) is 0.897. The van der Waals surface area contributed by atoms with Gasteiger partial charge in [0.15, 0.2) is 9.84 Å². The number of nitrogens with zero attached hydrogens (tertiary/aromatic N) is 2. The van der Waals surface area contributed by atoms with Gasteiger partial charge in [-0.2, -0.15) is 5.10 Å². The van der Waals surface area contributed by atoms with E-state index in [1.165, 1.54) is 19.3 Å². The van der Waals surface area contributed by atoms with Crippen LogP contribution in [0.5, 0.6) is 0 Å². The number of hydrogen-bond donors (Lipinski definition) is 1. The van der Waals surface area contributed by atoms with Crippen molar-refractivity contribution >= 4 is 21.4 Å². The van der Waals surface area contributed by atoms with Crippen LogP contribution in [0.1, 0.15) is 43.0 Å². The number of aromatic nitrogens is 2. The van der Waals surface area contributed by atoms with Crippen LogP contribution in [-0.4, -0.2) is 36.2 Å². The molecule has 2 heterocycles. The summed E-state index contributed by atoms with van der Waals surface area (Å²) >= 11 is 6.43. The van der Waals surface area contributed by atoms with Gasteiger partial charge in [-0.1, -0.05) is 18.0 Å². The molecule has 3 rings (SSSR count). The Bertz CT molecular complexity index is 622. The first-order valence-electron chi connectivity index (χ1n) is 7.61. The smallest absolute Gasteiger partial charge is 0.152 e. The molecule has 2 aliphatic rings. The van der Waals surface area contributed by atoms with E-state index in [1.807, 2.05) is 6.92 Å². The van der Waals surface area contributed by atoms with Crippen LogP contribution in [0.15, 0.2) is 0 Å². The third-order valence-corrected chi connectivity index (χ3v) is 6.81. The lowest BCUT2D eigenvalue weighted by atomic mass is 9.85. The van der Waals surface area contributed by atoms with Crippen molar-refractivity contribution in [1.82, 2.24) is 15.1 Å². The summed E-state index contributed by atoms with van der Waals surface area (Å²) in [7, 11) is -2.92. The Balaban J connectivity index is 1.67. The van der Waals surface area contributed by atoms with Crippen molar-refractivity contribution < 1.29 is 8.42 Å². The molecule has 0 amide bonds. The fraction of sp³-hybridized carbons (Fsp3) is 0.786. The second-order valence-corrected chi connectivity index (χ2v) is 8.87. The Kier molecular flexibility index (Phi) is 4.30. The number of aryl methyl sites for hydroxylation is 1. The summed E-state index contributed by atoms with van der Waals surface area (Å²) in [4.78, 5) is 0. The average Bonchev–Trinajstić information content (AvgIpc) is 2.85. The van der Waals surface area contributed by atoms with Crippen LogP contribution in [0.4, 0.5) is 0 Å². The minimum Gasteiger partial charge on any atom is -0.312 e. The summed E-state index contributed by atoms with van der Waals surface area (Å²) < 4.78 is 24.9. The van der Waals surface area contributed by atoms with Crippen molar-refractivity contribution in [3.8, 4) is 0 Å². The molecular weight excluding hydrogens is 310 g/mol. The normalized spacial score (nSPS) is 25.1. The average molecular weight is 332 g/mol. The maximum absolute atomic E-state index is 11.6. The molecule has 7 heteroatoms. The van der Waals surface area contributed by atoms with Crippen molar-refractivity contribution in [1.29, 1.82) is 0 Å². The van der Waals surface area contributed by atoms with E-state index in [0.29, 0.717) is 18.1 Å². The number of nitrogens with one attached hydrogen (secondary N) is 1. The van der Waals surface area contributed by atoms with Gasteiger partial charge in [0.1, 0.15) is 5.15 Å². The van der Waals surface area contributed by atoms with Crippen molar-refractivity contribution in [2.24, 2.45) is 5.92 Å². The van der Waals surface area contributed by atoms with E-state index in [-0.39, 0.29) is 17.5 Å². The van der Waals surface area contributed by atoms with Gasteiger partial charge in [0.05, 0.1) is 23.2 Å². The zero-order valence-corrected chi connectivity index (χ0v) is 13.9. The highest BCUT2D eigenvalue weighted by Gasteiger charge is 2.32. The summed E-state index contributed by atoms with van der Waals surface area (Å²) in [6, 6.07) is -0.110. The SMILES string of the molecule is Cc1nn([C@H]2CCS(=O)(=O)C2)c(Cl)c1CNCC1CCC1. The monoisotopic (exact) mass is 331 g/mol.